The third-order valence-electron chi connectivity index (χ3n) is 4.37. The molecule has 2 rings (SSSR count). The van der Waals surface area contributed by atoms with Gasteiger partial charge in [0.25, 0.3) is 11.6 Å². The quantitative estimate of drug-likeness (QED) is 0.609. The Labute approximate surface area is 153 Å². The summed E-state index contributed by atoms with van der Waals surface area (Å²) in [6.45, 7) is 8.04. The van der Waals surface area contributed by atoms with E-state index >= 15 is 0 Å². The van der Waals surface area contributed by atoms with Crippen LogP contribution in [-0.2, 0) is 0 Å². The Morgan fingerprint density at radius 2 is 1.85 bits per heavy atom. The van der Waals surface area contributed by atoms with E-state index in [4.69, 9.17) is 4.74 Å². The van der Waals surface area contributed by atoms with Crippen molar-refractivity contribution in [3.63, 3.8) is 0 Å². The first kappa shape index (κ1) is 19.4. The van der Waals surface area contributed by atoms with Crippen molar-refractivity contribution in [2.45, 2.75) is 39.7 Å². The average molecular weight is 356 g/mol. The molecule has 1 N–H and O–H groups in total. The van der Waals surface area contributed by atoms with Crippen LogP contribution in [0.25, 0.3) is 0 Å². The van der Waals surface area contributed by atoms with Crippen molar-refractivity contribution >= 4 is 11.6 Å². The molecule has 0 bridgehead atoms. The SMILES string of the molecule is COc1cc(C)c([C@@H](C)NC(=O)c2cccc([N+](=O)[O-])c2)cc1C(C)C. The Morgan fingerprint density at radius 1 is 1.15 bits per heavy atom. The van der Waals surface area contributed by atoms with Gasteiger partial charge in [-0.15, -0.1) is 0 Å². The second kappa shape index (κ2) is 7.99. The summed E-state index contributed by atoms with van der Waals surface area (Å²) in [5, 5.41) is 13.8. The van der Waals surface area contributed by atoms with Crippen LogP contribution in [0, 0.1) is 17.0 Å². The van der Waals surface area contributed by atoms with Crippen molar-refractivity contribution in [2.75, 3.05) is 7.11 Å². The fraction of sp³-hybridized carbons (Fsp3) is 0.350. The molecule has 0 radical (unpaired) electrons. The smallest absolute Gasteiger partial charge is 0.270 e. The van der Waals surface area contributed by atoms with Gasteiger partial charge in [0, 0.05) is 17.7 Å². The van der Waals surface area contributed by atoms with Crippen molar-refractivity contribution in [1.29, 1.82) is 0 Å². The molecule has 0 unspecified atom stereocenters. The molecular formula is C20H24N2O4. The van der Waals surface area contributed by atoms with Gasteiger partial charge >= 0.3 is 0 Å². The average Bonchev–Trinajstić information content (AvgIpc) is 2.60. The number of ether oxygens (including phenoxy) is 1. The van der Waals surface area contributed by atoms with Crippen LogP contribution < -0.4 is 10.1 Å². The first-order valence-corrected chi connectivity index (χ1v) is 8.48. The van der Waals surface area contributed by atoms with Crippen LogP contribution in [0.4, 0.5) is 5.69 Å². The molecule has 26 heavy (non-hydrogen) atoms. The van der Waals surface area contributed by atoms with Crippen molar-refractivity contribution in [3.8, 4) is 5.75 Å². The van der Waals surface area contributed by atoms with Gasteiger partial charge < -0.3 is 10.1 Å². The van der Waals surface area contributed by atoms with Crippen LogP contribution in [0.1, 0.15) is 59.8 Å². The number of nitro benzene ring substituents is 1. The van der Waals surface area contributed by atoms with Gasteiger partial charge in [-0.3, -0.25) is 14.9 Å². The fourth-order valence-corrected chi connectivity index (χ4v) is 2.93. The van der Waals surface area contributed by atoms with Gasteiger partial charge in [0.2, 0.25) is 0 Å². The molecule has 0 aliphatic rings. The van der Waals surface area contributed by atoms with E-state index in [0.717, 1.165) is 22.4 Å². The van der Waals surface area contributed by atoms with Crippen molar-refractivity contribution in [1.82, 2.24) is 5.32 Å². The van der Waals surface area contributed by atoms with Crippen molar-refractivity contribution in [2.24, 2.45) is 0 Å². The van der Waals surface area contributed by atoms with Crippen LogP contribution >= 0.6 is 0 Å². The maximum absolute atomic E-state index is 12.5. The molecule has 0 saturated carbocycles. The lowest BCUT2D eigenvalue weighted by atomic mass is 9.93. The lowest BCUT2D eigenvalue weighted by Crippen LogP contribution is -2.27. The Bertz CT molecular complexity index is 831. The molecule has 6 nitrogen and oxygen atoms in total. The predicted molar refractivity (Wildman–Crippen MR) is 101 cm³/mol. The molecule has 1 amide bonds. The summed E-state index contributed by atoms with van der Waals surface area (Å²) in [6, 6.07) is 9.50. The summed E-state index contributed by atoms with van der Waals surface area (Å²) in [6.07, 6.45) is 0. The van der Waals surface area contributed by atoms with E-state index in [1.165, 1.54) is 18.2 Å². The summed E-state index contributed by atoms with van der Waals surface area (Å²) < 4.78 is 5.46. The molecule has 0 aromatic heterocycles. The third-order valence-corrected chi connectivity index (χ3v) is 4.37. The van der Waals surface area contributed by atoms with Gasteiger partial charge in [-0.05, 0) is 54.7 Å². The van der Waals surface area contributed by atoms with Crippen LogP contribution in [0.5, 0.6) is 5.75 Å². The highest BCUT2D eigenvalue weighted by Gasteiger charge is 2.18. The Balaban J connectivity index is 2.28. The number of amides is 1. The minimum Gasteiger partial charge on any atom is -0.496 e. The van der Waals surface area contributed by atoms with Crippen molar-refractivity contribution < 1.29 is 14.5 Å². The molecular weight excluding hydrogens is 332 g/mol. The molecule has 0 aliphatic heterocycles. The van der Waals surface area contributed by atoms with E-state index in [2.05, 4.69) is 25.2 Å². The van der Waals surface area contributed by atoms with E-state index in [-0.39, 0.29) is 29.1 Å². The highest BCUT2D eigenvalue weighted by atomic mass is 16.6. The monoisotopic (exact) mass is 356 g/mol. The lowest BCUT2D eigenvalue weighted by Gasteiger charge is -2.21. The molecule has 0 aliphatic carbocycles. The zero-order valence-corrected chi connectivity index (χ0v) is 15.7. The van der Waals surface area contributed by atoms with E-state index < -0.39 is 4.92 Å². The topological polar surface area (TPSA) is 81.5 Å². The van der Waals surface area contributed by atoms with E-state index in [1.807, 2.05) is 19.9 Å². The second-order valence-electron chi connectivity index (χ2n) is 6.61. The zero-order valence-electron chi connectivity index (χ0n) is 15.7. The largest absolute Gasteiger partial charge is 0.496 e. The second-order valence-corrected chi connectivity index (χ2v) is 6.61. The highest BCUT2D eigenvalue weighted by Crippen LogP contribution is 2.32. The standard InChI is InChI=1S/C20H24N2O4/c1-12(2)17-11-18(13(3)9-19(17)26-5)14(4)21-20(23)15-7-6-8-16(10-15)22(24)25/h6-12,14H,1-5H3,(H,21,23)/t14-/m1/s1. The first-order chi connectivity index (χ1) is 12.2. The third kappa shape index (κ3) is 4.20. The number of nitrogens with one attached hydrogen (secondary N) is 1. The number of hydrogen-bond donors (Lipinski definition) is 1. The molecule has 6 heteroatoms. The zero-order chi connectivity index (χ0) is 19.4. The van der Waals surface area contributed by atoms with E-state index in [1.54, 1.807) is 13.2 Å². The van der Waals surface area contributed by atoms with Crippen LogP contribution in [-0.4, -0.2) is 17.9 Å². The van der Waals surface area contributed by atoms with Crippen LogP contribution in [0.3, 0.4) is 0 Å². The number of hydrogen-bond acceptors (Lipinski definition) is 4. The normalized spacial score (nSPS) is 11.9. The number of non-ortho nitro benzene ring substituents is 1. The Morgan fingerprint density at radius 3 is 2.42 bits per heavy atom. The minimum atomic E-state index is -0.511. The van der Waals surface area contributed by atoms with E-state index in [0.29, 0.717) is 0 Å². The van der Waals surface area contributed by atoms with Gasteiger partial charge in [0.15, 0.2) is 0 Å². The molecule has 0 spiro atoms. The van der Waals surface area contributed by atoms with E-state index in [9.17, 15) is 14.9 Å². The number of nitrogens with zero attached hydrogens (tertiary/aromatic N) is 1. The Hall–Kier alpha value is -2.89. The van der Waals surface area contributed by atoms with Gasteiger partial charge in [-0.2, -0.15) is 0 Å². The molecule has 2 aromatic rings. The summed E-state index contributed by atoms with van der Waals surface area (Å²) in [4.78, 5) is 22.9. The van der Waals surface area contributed by atoms with Crippen LogP contribution in [0.2, 0.25) is 0 Å². The minimum absolute atomic E-state index is 0.104. The molecule has 2 aromatic carbocycles. The van der Waals surface area contributed by atoms with Crippen LogP contribution in [0.15, 0.2) is 36.4 Å². The van der Waals surface area contributed by atoms with Gasteiger partial charge in [0.1, 0.15) is 5.75 Å². The number of rotatable bonds is 6. The number of benzene rings is 2. The first-order valence-electron chi connectivity index (χ1n) is 8.48. The lowest BCUT2D eigenvalue weighted by molar-refractivity contribution is -0.384. The highest BCUT2D eigenvalue weighted by molar-refractivity contribution is 5.95. The number of methoxy groups -OCH3 is 1. The number of aryl methyl sites for hydroxylation is 1. The van der Waals surface area contributed by atoms with Crippen molar-refractivity contribution in [3.05, 3.63) is 68.8 Å². The molecule has 1 atom stereocenters. The number of carbonyl (C=O) groups is 1. The maximum atomic E-state index is 12.5. The van der Waals surface area contributed by atoms with Gasteiger partial charge in [0.05, 0.1) is 18.1 Å². The summed E-state index contributed by atoms with van der Waals surface area (Å²) >= 11 is 0. The van der Waals surface area contributed by atoms with Gasteiger partial charge in [-0.25, -0.2) is 0 Å². The summed E-state index contributed by atoms with van der Waals surface area (Å²) in [5.41, 5.74) is 3.24. The summed E-state index contributed by atoms with van der Waals surface area (Å²) in [5.74, 6) is 0.768. The fourth-order valence-electron chi connectivity index (χ4n) is 2.93. The predicted octanol–water partition coefficient (Wildman–Crippen LogP) is 4.53. The molecule has 138 valence electrons. The maximum Gasteiger partial charge on any atom is 0.270 e. The molecule has 0 fully saturated rings. The number of nitro groups is 1. The Kier molecular flexibility index (Phi) is 5.97. The summed E-state index contributed by atoms with van der Waals surface area (Å²) in [7, 11) is 1.65. The molecule has 0 saturated heterocycles. The van der Waals surface area contributed by atoms with Gasteiger partial charge in [-0.1, -0.05) is 19.9 Å². The molecule has 0 heterocycles. The number of carbonyl (C=O) groups excluding carboxylic acids is 1.